The number of carbonyl (C=O) groups excluding carboxylic acids is 1. The number of rotatable bonds is 2. The van der Waals surface area contributed by atoms with E-state index in [9.17, 15) is 4.79 Å². The second-order valence-corrected chi connectivity index (χ2v) is 3.37. The van der Waals surface area contributed by atoms with Gasteiger partial charge in [0.1, 0.15) is 5.69 Å². The van der Waals surface area contributed by atoms with Gasteiger partial charge in [-0.3, -0.25) is 9.89 Å². The predicted octanol–water partition coefficient (Wildman–Crippen LogP) is 2.32. The van der Waals surface area contributed by atoms with Crippen LogP contribution in [0.15, 0.2) is 36.5 Å². The zero-order chi connectivity index (χ0) is 10.7. The molecule has 0 saturated carbocycles. The highest BCUT2D eigenvalue weighted by Crippen LogP contribution is 2.15. The number of benzene rings is 1. The van der Waals surface area contributed by atoms with Crippen LogP contribution in [0.4, 0.5) is 5.69 Å². The van der Waals surface area contributed by atoms with Crippen LogP contribution in [0, 0.1) is 0 Å². The molecule has 0 unspecified atom stereocenters. The van der Waals surface area contributed by atoms with Crippen LogP contribution in [0.25, 0.3) is 0 Å². The van der Waals surface area contributed by atoms with Gasteiger partial charge in [-0.2, -0.15) is 5.10 Å². The number of H-pyrrole nitrogens is 1. The summed E-state index contributed by atoms with van der Waals surface area (Å²) in [6, 6.07) is 8.55. The van der Waals surface area contributed by atoms with Crippen molar-refractivity contribution in [2.24, 2.45) is 0 Å². The third-order valence-corrected chi connectivity index (χ3v) is 2.06. The van der Waals surface area contributed by atoms with Crippen LogP contribution in [-0.2, 0) is 0 Å². The Bertz CT molecular complexity index is 467. The molecule has 5 heteroatoms. The highest BCUT2D eigenvalue weighted by molar-refractivity contribution is 6.30. The summed E-state index contributed by atoms with van der Waals surface area (Å²) < 4.78 is 0. The van der Waals surface area contributed by atoms with Crippen LogP contribution in [-0.4, -0.2) is 16.1 Å². The lowest BCUT2D eigenvalue weighted by Crippen LogP contribution is -2.12. The summed E-state index contributed by atoms with van der Waals surface area (Å²) in [5.41, 5.74) is 1.07. The van der Waals surface area contributed by atoms with Gasteiger partial charge in [-0.1, -0.05) is 17.7 Å². The lowest BCUT2D eigenvalue weighted by molar-refractivity contribution is 0.102. The van der Waals surface area contributed by atoms with Crippen LogP contribution < -0.4 is 5.32 Å². The number of hydrogen-bond acceptors (Lipinski definition) is 2. The average Bonchev–Trinajstić information content (AvgIpc) is 2.70. The fraction of sp³-hybridized carbons (Fsp3) is 0. The number of nitrogens with one attached hydrogen (secondary N) is 2. The quantitative estimate of drug-likeness (QED) is 0.818. The Hall–Kier alpha value is -1.81. The monoisotopic (exact) mass is 221 g/mol. The summed E-state index contributed by atoms with van der Waals surface area (Å²) in [4.78, 5) is 11.6. The number of anilines is 1. The molecule has 0 aliphatic heterocycles. The first-order valence-electron chi connectivity index (χ1n) is 4.32. The molecule has 0 aliphatic rings. The standard InChI is InChI=1S/C10H8ClN3O/c11-7-2-1-3-8(6-7)13-10(15)9-4-5-12-14-9/h1-6H,(H,12,14)(H,13,15). The Morgan fingerprint density at radius 2 is 2.27 bits per heavy atom. The third kappa shape index (κ3) is 2.35. The number of aromatic amines is 1. The third-order valence-electron chi connectivity index (χ3n) is 1.83. The van der Waals surface area contributed by atoms with Gasteiger partial charge < -0.3 is 5.32 Å². The van der Waals surface area contributed by atoms with Gasteiger partial charge in [0, 0.05) is 16.9 Å². The number of nitrogens with zero attached hydrogens (tertiary/aromatic N) is 1. The van der Waals surface area contributed by atoms with Crippen molar-refractivity contribution in [3.8, 4) is 0 Å². The minimum Gasteiger partial charge on any atom is -0.321 e. The maximum Gasteiger partial charge on any atom is 0.273 e. The lowest BCUT2D eigenvalue weighted by Gasteiger charge is -2.03. The molecule has 1 aromatic heterocycles. The first-order valence-corrected chi connectivity index (χ1v) is 4.70. The van der Waals surface area contributed by atoms with Crippen molar-refractivity contribution in [3.05, 3.63) is 47.2 Å². The van der Waals surface area contributed by atoms with Crippen molar-refractivity contribution in [1.82, 2.24) is 10.2 Å². The van der Waals surface area contributed by atoms with Gasteiger partial charge in [0.15, 0.2) is 0 Å². The molecule has 0 saturated heterocycles. The van der Waals surface area contributed by atoms with E-state index in [0.717, 1.165) is 0 Å². The molecule has 4 nitrogen and oxygen atoms in total. The molecule has 0 atom stereocenters. The van der Waals surface area contributed by atoms with E-state index in [-0.39, 0.29) is 5.91 Å². The van der Waals surface area contributed by atoms with Gasteiger partial charge in [-0.25, -0.2) is 0 Å². The van der Waals surface area contributed by atoms with Crippen molar-refractivity contribution in [1.29, 1.82) is 0 Å². The number of amides is 1. The summed E-state index contributed by atoms with van der Waals surface area (Å²) in [7, 11) is 0. The molecule has 0 aliphatic carbocycles. The SMILES string of the molecule is O=C(Nc1cccc(Cl)c1)c1ccn[nH]1. The van der Waals surface area contributed by atoms with Gasteiger partial charge in [0.05, 0.1) is 0 Å². The molecule has 76 valence electrons. The first kappa shape index (κ1) is 9.73. The van der Waals surface area contributed by atoms with Crippen molar-refractivity contribution < 1.29 is 4.79 Å². The van der Waals surface area contributed by atoms with E-state index >= 15 is 0 Å². The van der Waals surface area contributed by atoms with Gasteiger partial charge in [0.2, 0.25) is 0 Å². The Balaban J connectivity index is 2.13. The molecule has 2 aromatic rings. The average molecular weight is 222 g/mol. The molecule has 15 heavy (non-hydrogen) atoms. The maximum atomic E-state index is 11.6. The number of carbonyl (C=O) groups is 1. The van der Waals surface area contributed by atoms with Crippen LogP contribution >= 0.6 is 11.6 Å². The van der Waals surface area contributed by atoms with Crippen molar-refractivity contribution in [2.45, 2.75) is 0 Å². The molecule has 0 bridgehead atoms. The van der Waals surface area contributed by atoms with Gasteiger partial charge in [-0.05, 0) is 24.3 Å². The Morgan fingerprint density at radius 3 is 2.93 bits per heavy atom. The Morgan fingerprint density at radius 1 is 1.40 bits per heavy atom. The molecule has 1 heterocycles. The van der Waals surface area contributed by atoms with E-state index in [1.54, 1.807) is 30.3 Å². The Labute approximate surface area is 91.3 Å². The van der Waals surface area contributed by atoms with E-state index in [0.29, 0.717) is 16.4 Å². The number of halogens is 1. The molecular weight excluding hydrogens is 214 g/mol. The van der Waals surface area contributed by atoms with E-state index in [1.165, 1.54) is 6.20 Å². The normalized spacial score (nSPS) is 9.93. The predicted molar refractivity (Wildman–Crippen MR) is 58.0 cm³/mol. The zero-order valence-electron chi connectivity index (χ0n) is 7.70. The maximum absolute atomic E-state index is 11.6. The minimum atomic E-state index is -0.241. The summed E-state index contributed by atoms with van der Waals surface area (Å²) in [6.45, 7) is 0. The smallest absolute Gasteiger partial charge is 0.273 e. The minimum absolute atomic E-state index is 0.241. The van der Waals surface area contributed by atoms with Crippen molar-refractivity contribution in [2.75, 3.05) is 5.32 Å². The van der Waals surface area contributed by atoms with Gasteiger partial charge >= 0.3 is 0 Å². The zero-order valence-corrected chi connectivity index (χ0v) is 8.45. The molecule has 1 amide bonds. The molecule has 1 aromatic carbocycles. The number of hydrogen-bond donors (Lipinski definition) is 2. The van der Waals surface area contributed by atoms with Gasteiger partial charge in [0.25, 0.3) is 5.91 Å². The van der Waals surface area contributed by atoms with Crippen LogP contribution in [0.5, 0.6) is 0 Å². The topological polar surface area (TPSA) is 57.8 Å². The molecule has 2 N–H and O–H groups in total. The second kappa shape index (κ2) is 4.14. The lowest BCUT2D eigenvalue weighted by atomic mass is 10.3. The second-order valence-electron chi connectivity index (χ2n) is 2.93. The summed E-state index contributed by atoms with van der Waals surface area (Å²) >= 11 is 5.78. The first-order chi connectivity index (χ1) is 7.25. The van der Waals surface area contributed by atoms with Crippen LogP contribution in [0.2, 0.25) is 5.02 Å². The largest absolute Gasteiger partial charge is 0.321 e. The highest BCUT2D eigenvalue weighted by Gasteiger charge is 2.06. The summed E-state index contributed by atoms with van der Waals surface area (Å²) in [6.07, 6.45) is 1.52. The number of aromatic nitrogens is 2. The van der Waals surface area contributed by atoms with Crippen molar-refractivity contribution >= 4 is 23.2 Å². The fourth-order valence-electron chi connectivity index (χ4n) is 1.15. The van der Waals surface area contributed by atoms with Crippen LogP contribution in [0.3, 0.4) is 0 Å². The molecule has 0 radical (unpaired) electrons. The van der Waals surface area contributed by atoms with Crippen molar-refractivity contribution in [3.63, 3.8) is 0 Å². The van der Waals surface area contributed by atoms with E-state index in [4.69, 9.17) is 11.6 Å². The van der Waals surface area contributed by atoms with Gasteiger partial charge in [-0.15, -0.1) is 0 Å². The highest BCUT2D eigenvalue weighted by atomic mass is 35.5. The van der Waals surface area contributed by atoms with Crippen LogP contribution in [0.1, 0.15) is 10.5 Å². The molecule has 0 fully saturated rings. The summed E-state index contributed by atoms with van der Waals surface area (Å²) in [5.74, 6) is -0.241. The Kier molecular flexibility index (Phi) is 2.69. The summed E-state index contributed by atoms with van der Waals surface area (Å²) in [5, 5.41) is 9.54. The fourth-order valence-corrected chi connectivity index (χ4v) is 1.34. The molecule has 2 rings (SSSR count). The molecular formula is C10H8ClN3O. The molecule has 0 spiro atoms. The van der Waals surface area contributed by atoms with E-state index < -0.39 is 0 Å². The van der Waals surface area contributed by atoms with E-state index in [1.807, 2.05) is 0 Å². The van der Waals surface area contributed by atoms with E-state index in [2.05, 4.69) is 15.5 Å².